The number of aromatic amines is 1. The zero-order valence-corrected chi connectivity index (χ0v) is 10.3. The van der Waals surface area contributed by atoms with Gasteiger partial charge in [-0.3, -0.25) is 0 Å². The summed E-state index contributed by atoms with van der Waals surface area (Å²) in [5.74, 6) is 1.59. The third-order valence-corrected chi connectivity index (χ3v) is 2.78. The van der Waals surface area contributed by atoms with Crippen LogP contribution in [0.25, 0.3) is 10.9 Å². The number of fused-ring (bicyclic) bond motifs is 1. The fourth-order valence-electron chi connectivity index (χ4n) is 1.85. The summed E-state index contributed by atoms with van der Waals surface area (Å²) in [6, 6.07) is 5.68. The molecule has 0 saturated heterocycles. The van der Waals surface area contributed by atoms with Crippen molar-refractivity contribution >= 4 is 23.1 Å². The van der Waals surface area contributed by atoms with Crippen molar-refractivity contribution in [3.05, 3.63) is 28.4 Å². The molecule has 0 aliphatic rings. The zero-order valence-electron chi connectivity index (χ0n) is 9.46. The van der Waals surface area contributed by atoms with E-state index in [1.54, 1.807) is 14.2 Å². The van der Waals surface area contributed by atoms with Crippen molar-refractivity contribution in [1.29, 1.82) is 0 Å². The van der Waals surface area contributed by atoms with Gasteiger partial charge in [-0.2, -0.15) is 0 Å². The van der Waals surface area contributed by atoms with E-state index in [2.05, 4.69) is 4.98 Å². The summed E-state index contributed by atoms with van der Waals surface area (Å²) in [7, 11) is 3.29. The summed E-state index contributed by atoms with van der Waals surface area (Å²) >= 11 is 5.16. The number of nitrogens with one attached hydrogen (secondary N) is 1. The molecule has 0 atom stereocenters. The minimum Gasteiger partial charge on any atom is -0.496 e. The SMILES string of the molecule is COc1ccc(OC)c2c(C)cc(=S)[nH]c12. The lowest BCUT2D eigenvalue weighted by atomic mass is 10.1. The summed E-state index contributed by atoms with van der Waals surface area (Å²) in [5, 5.41) is 1.01. The largest absolute Gasteiger partial charge is 0.496 e. The third kappa shape index (κ3) is 1.65. The molecule has 16 heavy (non-hydrogen) atoms. The van der Waals surface area contributed by atoms with Crippen molar-refractivity contribution in [3.8, 4) is 11.5 Å². The Balaban J connectivity index is 2.95. The molecule has 0 unspecified atom stereocenters. The number of benzene rings is 1. The molecule has 1 N–H and O–H groups in total. The van der Waals surface area contributed by atoms with Gasteiger partial charge in [0, 0.05) is 5.39 Å². The van der Waals surface area contributed by atoms with Gasteiger partial charge in [0.1, 0.15) is 16.1 Å². The van der Waals surface area contributed by atoms with Gasteiger partial charge >= 0.3 is 0 Å². The standard InChI is InChI=1S/C12H13NO2S/c1-7-6-10(16)13-12-9(15-3)5-4-8(14-2)11(7)12/h4-6H,1-3H3,(H,13,16). The average Bonchev–Trinajstić information content (AvgIpc) is 2.27. The van der Waals surface area contributed by atoms with Crippen LogP contribution in [0.3, 0.4) is 0 Å². The van der Waals surface area contributed by atoms with E-state index in [0.29, 0.717) is 4.64 Å². The zero-order chi connectivity index (χ0) is 11.7. The quantitative estimate of drug-likeness (QED) is 0.811. The fraction of sp³-hybridized carbons (Fsp3) is 0.250. The second-order valence-corrected chi connectivity index (χ2v) is 3.98. The van der Waals surface area contributed by atoms with Crippen LogP contribution in [0.4, 0.5) is 0 Å². The van der Waals surface area contributed by atoms with Crippen LogP contribution in [0.1, 0.15) is 5.56 Å². The van der Waals surface area contributed by atoms with E-state index in [9.17, 15) is 0 Å². The Labute approximate surface area is 99.0 Å². The third-order valence-electron chi connectivity index (χ3n) is 2.56. The van der Waals surface area contributed by atoms with E-state index in [0.717, 1.165) is 28.0 Å². The summed E-state index contributed by atoms with van der Waals surface area (Å²) in [6.07, 6.45) is 0. The van der Waals surface area contributed by atoms with Gasteiger partial charge in [0.25, 0.3) is 0 Å². The van der Waals surface area contributed by atoms with Gasteiger partial charge in [-0.1, -0.05) is 12.2 Å². The number of H-pyrrole nitrogens is 1. The number of ether oxygens (including phenoxy) is 2. The van der Waals surface area contributed by atoms with Crippen molar-refractivity contribution < 1.29 is 9.47 Å². The highest BCUT2D eigenvalue weighted by Crippen LogP contribution is 2.33. The van der Waals surface area contributed by atoms with Crippen molar-refractivity contribution in [2.24, 2.45) is 0 Å². The van der Waals surface area contributed by atoms with Gasteiger partial charge in [0.2, 0.25) is 0 Å². The first-order chi connectivity index (χ1) is 7.67. The van der Waals surface area contributed by atoms with Crippen molar-refractivity contribution in [3.63, 3.8) is 0 Å². The van der Waals surface area contributed by atoms with Crippen molar-refractivity contribution in [2.45, 2.75) is 6.92 Å². The van der Waals surface area contributed by atoms with Gasteiger partial charge < -0.3 is 14.5 Å². The smallest absolute Gasteiger partial charge is 0.143 e. The molecular formula is C12H13NO2S. The lowest BCUT2D eigenvalue weighted by molar-refractivity contribution is 0.409. The normalized spacial score (nSPS) is 10.4. The summed E-state index contributed by atoms with van der Waals surface area (Å²) in [6.45, 7) is 2.01. The molecule has 0 aliphatic heterocycles. The van der Waals surface area contributed by atoms with Gasteiger partial charge in [-0.05, 0) is 30.7 Å². The number of hydrogen-bond acceptors (Lipinski definition) is 3. The van der Waals surface area contributed by atoms with Gasteiger partial charge in [0.15, 0.2) is 0 Å². The van der Waals surface area contributed by atoms with E-state index in [4.69, 9.17) is 21.7 Å². The lowest BCUT2D eigenvalue weighted by Crippen LogP contribution is -1.93. The maximum Gasteiger partial charge on any atom is 0.143 e. The lowest BCUT2D eigenvalue weighted by Gasteiger charge is -2.11. The predicted octanol–water partition coefficient (Wildman–Crippen LogP) is 3.22. The molecule has 0 amide bonds. The summed E-state index contributed by atoms with van der Waals surface area (Å²) in [4.78, 5) is 3.13. The van der Waals surface area contributed by atoms with Gasteiger partial charge in [-0.15, -0.1) is 0 Å². The molecule has 1 heterocycles. The van der Waals surface area contributed by atoms with Crippen LogP contribution in [-0.2, 0) is 0 Å². The number of aromatic nitrogens is 1. The molecule has 1 aromatic carbocycles. The Kier molecular flexibility index (Phi) is 2.83. The molecule has 2 aromatic rings. The van der Waals surface area contributed by atoms with Crippen LogP contribution in [0, 0.1) is 11.6 Å². The Morgan fingerprint density at radius 2 is 1.75 bits per heavy atom. The fourth-order valence-corrected chi connectivity index (χ4v) is 2.13. The van der Waals surface area contributed by atoms with Gasteiger partial charge in [-0.25, -0.2) is 0 Å². The highest BCUT2D eigenvalue weighted by molar-refractivity contribution is 7.71. The highest BCUT2D eigenvalue weighted by Gasteiger charge is 2.09. The molecule has 0 bridgehead atoms. The molecule has 0 spiro atoms. The number of rotatable bonds is 2. The van der Waals surface area contributed by atoms with Crippen LogP contribution in [-0.4, -0.2) is 19.2 Å². The average molecular weight is 235 g/mol. The number of hydrogen-bond donors (Lipinski definition) is 1. The molecule has 2 rings (SSSR count). The monoisotopic (exact) mass is 235 g/mol. The van der Waals surface area contributed by atoms with Crippen LogP contribution in [0.2, 0.25) is 0 Å². The molecular weight excluding hydrogens is 222 g/mol. The highest BCUT2D eigenvalue weighted by atomic mass is 32.1. The molecule has 0 fully saturated rings. The second kappa shape index (κ2) is 4.14. The first kappa shape index (κ1) is 11.0. The minimum atomic E-state index is 0.691. The van der Waals surface area contributed by atoms with E-state index in [-0.39, 0.29) is 0 Å². The van der Waals surface area contributed by atoms with Crippen molar-refractivity contribution in [1.82, 2.24) is 4.98 Å². The van der Waals surface area contributed by atoms with Crippen LogP contribution in [0.15, 0.2) is 18.2 Å². The Bertz CT molecular complexity index is 589. The first-order valence-electron chi connectivity index (χ1n) is 4.92. The number of pyridine rings is 1. The van der Waals surface area contributed by atoms with Crippen LogP contribution in [0.5, 0.6) is 11.5 Å². The van der Waals surface area contributed by atoms with Crippen LogP contribution >= 0.6 is 12.2 Å². The number of methoxy groups -OCH3 is 2. The summed E-state index contributed by atoms with van der Waals surface area (Å²) < 4.78 is 11.3. The van der Waals surface area contributed by atoms with E-state index in [1.807, 2.05) is 25.1 Å². The minimum absolute atomic E-state index is 0.691. The van der Waals surface area contributed by atoms with Gasteiger partial charge in [0.05, 0.1) is 19.7 Å². The van der Waals surface area contributed by atoms with Crippen LogP contribution < -0.4 is 9.47 Å². The Hall–Kier alpha value is -1.55. The maximum atomic E-state index is 5.34. The first-order valence-corrected chi connectivity index (χ1v) is 5.33. The molecule has 0 radical (unpaired) electrons. The molecule has 1 aromatic heterocycles. The van der Waals surface area contributed by atoms with E-state index in [1.165, 1.54) is 0 Å². The maximum absolute atomic E-state index is 5.34. The topological polar surface area (TPSA) is 34.2 Å². The van der Waals surface area contributed by atoms with E-state index < -0.39 is 0 Å². The predicted molar refractivity (Wildman–Crippen MR) is 67.0 cm³/mol. The molecule has 4 heteroatoms. The number of aryl methyl sites for hydroxylation is 1. The van der Waals surface area contributed by atoms with E-state index >= 15 is 0 Å². The Morgan fingerprint density at radius 3 is 2.38 bits per heavy atom. The molecule has 0 saturated carbocycles. The second-order valence-electron chi connectivity index (χ2n) is 3.54. The van der Waals surface area contributed by atoms with Crippen molar-refractivity contribution in [2.75, 3.05) is 14.2 Å². The Morgan fingerprint density at radius 1 is 1.12 bits per heavy atom. The molecule has 3 nitrogen and oxygen atoms in total. The summed E-state index contributed by atoms with van der Waals surface area (Å²) in [5.41, 5.74) is 1.96. The molecule has 84 valence electrons. The molecule has 0 aliphatic carbocycles.